The van der Waals surface area contributed by atoms with Crippen LogP contribution in [0, 0.1) is 5.92 Å². The first-order chi connectivity index (χ1) is 5.69. The van der Waals surface area contributed by atoms with Gasteiger partial charge < -0.3 is 20.9 Å². The molecule has 2 atom stereocenters. The van der Waals surface area contributed by atoms with Crippen molar-refractivity contribution in [3.63, 3.8) is 0 Å². The van der Waals surface area contributed by atoms with E-state index < -0.39 is 0 Å². The van der Waals surface area contributed by atoms with Crippen LogP contribution in [0.4, 0.5) is 0 Å². The summed E-state index contributed by atoms with van der Waals surface area (Å²) in [6.45, 7) is 5.06. The van der Waals surface area contributed by atoms with Crippen LogP contribution < -0.4 is 11.5 Å². The van der Waals surface area contributed by atoms with Crippen LogP contribution in [0.1, 0.15) is 13.8 Å². The van der Waals surface area contributed by atoms with Crippen LogP contribution in [-0.2, 0) is 30.5 Å². The first-order valence-electron chi connectivity index (χ1n) is 4.40. The van der Waals surface area contributed by atoms with E-state index in [9.17, 15) is 0 Å². The Hall–Kier alpha value is 0.528. The van der Waals surface area contributed by atoms with E-state index in [-0.39, 0.29) is 39.6 Å². The van der Waals surface area contributed by atoms with Crippen LogP contribution in [0.5, 0.6) is 0 Å². The molecule has 1 heterocycles. The topological polar surface area (TPSA) is 70.5 Å². The van der Waals surface area contributed by atoms with Gasteiger partial charge in [0.2, 0.25) is 0 Å². The van der Waals surface area contributed by atoms with Gasteiger partial charge in [-0.25, -0.2) is 0 Å². The Kier molecular flexibility index (Phi) is 6.34. The molecule has 0 saturated carbocycles. The van der Waals surface area contributed by atoms with Gasteiger partial charge >= 0.3 is 0 Å². The molecule has 0 aromatic carbocycles. The zero-order chi connectivity index (χ0) is 9.14. The molecule has 0 aromatic rings. The molecule has 5 heteroatoms. The summed E-state index contributed by atoms with van der Waals surface area (Å²) >= 11 is 0. The van der Waals surface area contributed by atoms with Gasteiger partial charge in [-0.15, -0.1) is 0 Å². The van der Waals surface area contributed by atoms with Gasteiger partial charge in [0.05, 0.1) is 0 Å². The first kappa shape index (κ1) is 13.5. The molecule has 0 aromatic heterocycles. The smallest absolute Gasteiger partial charge is 0.160 e. The van der Waals surface area contributed by atoms with E-state index in [2.05, 4.69) is 13.8 Å². The van der Waals surface area contributed by atoms with E-state index in [1.807, 2.05) is 0 Å². The Morgan fingerprint density at radius 3 is 1.69 bits per heavy atom. The number of nitrogens with two attached hydrogens (primary N) is 2. The second-order valence-electron chi connectivity index (χ2n) is 3.43. The van der Waals surface area contributed by atoms with Gasteiger partial charge in [0.1, 0.15) is 12.2 Å². The molecule has 4 nitrogen and oxygen atoms in total. The largest absolute Gasteiger partial charge is 0.345 e. The van der Waals surface area contributed by atoms with Gasteiger partial charge in [-0.3, -0.25) is 0 Å². The summed E-state index contributed by atoms with van der Waals surface area (Å²) in [6, 6.07) is 0. The van der Waals surface area contributed by atoms with Crippen molar-refractivity contribution in [2.45, 2.75) is 32.3 Å². The van der Waals surface area contributed by atoms with E-state index in [1.165, 1.54) is 0 Å². The fourth-order valence-corrected chi connectivity index (χ4v) is 1.28. The average molecular weight is 369 g/mol. The van der Waals surface area contributed by atoms with Crippen LogP contribution >= 0.6 is 0 Å². The fraction of sp³-hybridized carbons (Fsp3) is 1.00. The molecule has 0 spiro atoms. The Labute approximate surface area is 93.6 Å². The minimum absolute atomic E-state index is 0. The molecule has 82 valence electrons. The molecular weight excluding hydrogens is 351 g/mol. The maximum absolute atomic E-state index is 5.55. The van der Waals surface area contributed by atoms with Crippen molar-refractivity contribution in [1.82, 2.24) is 0 Å². The van der Waals surface area contributed by atoms with E-state index in [0.717, 1.165) is 0 Å². The Balaban J connectivity index is 0.00000144. The average Bonchev–Trinajstić information content (AvgIpc) is 2.46. The normalized spacial score (nSPS) is 29.3. The fourth-order valence-electron chi connectivity index (χ4n) is 1.28. The third kappa shape index (κ3) is 3.30. The van der Waals surface area contributed by atoms with Crippen molar-refractivity contribution in [3.8, 4) is 0 Å². The van der Waals surface area contributed by atoms with Crippen molar-refractivity contribution in [3.05, 3.63) is 0 Å². The zero-order valence-corrected chi connectivity index (χ0v) is 10.3. The maximum Gasteiger partial charge on any atom is 0.160 e. The van der Waals surface area contributed by atoms with Gasteiger partial charge in [0.25, 0.3) is 0 Å². The molecular formula is C8H18N2O2Pt. The molecule has 0 amide bonds. The quantitative estimate of drug-likeness (QED) is 0.715. The summed E-state index contributed by atoms with van der Waals surface area (Å²) in [4.78, 5) is 0. The van der Waals surface area contributed by atoms with Gasteiger partial charge in [-0.1, -0.05) is 13.8 Å². The first-order valence-corrected chi connectivity index (χ1v) is 4.40. The van der Waals surface area contributed by atoms with Crippen molar-refractivity contribution < 1.29 is 30.5 Å². The summed E-state index contributed by atoms with van der Waals surface area (Å²) in [6.07, 6.45) is -0.183. The van der Waals surface area contributed by atoms with Gasteiger partial charge in [0, 0.05) is 40.1 Å². The van der Waals surface area contributed by atoms with Crippen LogP contribution in [0.25, 0.3) is 0 Å². The second-order valence-corrected chi connectivity index (χ2v) is 3.43. The van der Waals surface area contributed by atoms with Crippen LogP contribution in [0.3, 0.4) is 0 Å². The van der Waals surface area contributed by atoms with Crippen molar-refractivity contribution in [2.75, 3.05) is 13.1 Å². The van der Waals surface area contributed by atoms with Gasteiger partial charge in [-0.2, -0.15) is 0 Å². The van der Waals surface area contributed by atoms with Crippen LogP contribution in [-0.4, -0.2) is 31.6 Å². The zero-order valence-electron chi connectivity index (χ0n) is 8.01. The molecule has 0 unspecified atom stereocenters. The van der Waals surface area contributed by atoms with Crippen molar-refractivity contribution >= 4 is 0 Å². The molecule has 1 rings (SSSR count). The SMILES string of the molecule is CC(C)C1O[C@H](CN)[C@@H](CN)O1.[Pt]. The monoisotopic (exact) mass is 369 g/mol. The van der Waals surface area contributed by atoms with Gasteiger partial charge in [-0.05, 0) is 0 Å². The molecule has 0 aliphatic carbocycles. The van der Waals surface area contributed by atoms with E-state index >= 15 is 0 Å². The van der Waals surface area contributed by atoms with Crippen molar-refractivity contribution in [1.29, 1.82) is 0 Å². The van der Waals surface area contributed by atoms with Gasteiger partial charge in [0.15, 0.2) is 6.29 Å². The summed E-state index contributed by atoms with van der Waals surface area (Å²) in [5.41, 5.74) is 11.0. The minimum atomic E-state index is -0.132. The summed E-state index contributed by atoms with van der Waals surface area (Å²) < 4.78 is 11.1. The number of hydrogen-bond acceptors (Lipinski definition) is 4. The predicted octanol–water partition coefficient (Wildman–Crippen LogP) is -0.333. The summed E-state index contributed by atoms with van der Waals surface area (Å²) in [5, 5.41) is 0. The molecule has 13 heavy (non-hydrogen) atoms. The van der Waals surface area contributed by atoms with Crippen LogP contribution in [0.2, 0.25) is 0 Å². The molecule has 1 saturated heterocycles. The summed E-state index contributed by atoms with van der Waals surface area (Å²) in [7, 11) is 0. The minimum Gasteiger partial charge on any atom is -0.345 e. The third-order valence-electron chi connectivity index (χ3n) is 2.04. The predicted molar refractivity (Wildman–Crippen MR) is 46.5 cm³/mol. The molecule has 1 aliphatic heterocycles. The maximum atomic E-state index is 5.55. The number of rotatable bonds is 3. The third-order valence-corrected chi connectivity index (χ3v) is 2.04. The Morgan fingerprint density at radius 1 is 1.08 bits per heavy atom. The summed E-state index contributed by atoms with van der Waals surface area (Å²) in [5.74, 6) is 0.357. The van der Waals surface area contributed by atoms with E-state index in [1.54, 1.807) is 0 Å². The Morgan fingerprint density at radius 2 is 1.46 bits per heavy atom. The van der Waals surface area contributed by atoms with Crippen molar-refractivity contribution in [2.24, 2.45) is 17.4 Å². The second kappa shape index (κ2) is 6.09. The van der Waals surface area contributed by atoms with Crippen LogP contribution in [0.15, 0.2) is 0 Å². The molecule has 4 N–H and O–H groups in total. The van der Waals surface area contributed by atoms with E-state index in [4.69, 9.17) is 20.9 Å². The van der Waals surface area contributed by atoms with E-state index in [0.29, 0.717) is 19.0 Å². The molecule has 0 radical (unpaired) electrons. The molecule has 0 bridgehead atoms. The Bertz CT molecular complexity index is 134. The molecule has 1 fully saturated rings. The molecule has 1 aliphatic rings. The number of ether oxygens (including phenoxy) is 2. The standard InChI is InChI=1S/C8H18N2O2.Pt/c1-5(2)8-11-6(3-9)7(4-10)12-8;/h5-8H,3-4,9-10H2,1-2H3;/t6-,7-;/m1./s1. The number of hydrogen-bond donors (Lipinski definition) is 2.